The number of amides is 1. The lowest BCUT2D eigenvalue weighted by Gasteiger charge is -2.39. The van der Waals surface area contributed by atoms with Gasteiger partial charge in [-0.25, -0.2) is 9.37 Å². The molecule has 4 rings (SSSR count). The van der Waals surface area contributed by atoms with Crippen LogP contribution in [0.15, 0.2) is 42.6 Å². The summed E-state index contributed by atoms with van der Waals surface area (Å²) in [6.45, 7) is 6.13. The molecule has 0 radical (unpaired) electrons. The fourth-order valence-electron chi connectivity index (χ4n) is 4.05. The summed E-state index contributed by atoms with van der Waals surface area (Å²) in [6, 6.07) is 12.5. The van der Waals surface area contributed by atoms with Gasteiger partial charge in [0, 0.05) is 58.6 Å². The number of hydrogen-bond donors (Lipinski definition) is 0. The number of anilines is 2. The highest BCUT2D eigenvalue weighted by Crippen LogP contribution is 2.23. The maximum Gasteiger partial charge on any atom is 0.236 e. The molecule has 0 aliphatic carbocycles. The molecule has 2 fully saturated rings. The molecule has 1 aromatic heterocycles. The molecule has 8 heteroatoms. The zero-order chi connectivity index (χ0) is 20.9. The quantitative estimate of drug-likeness (QED) is 0.765. The van der Waals surface area contributed by atoms with E-state index in [1.165, 1.54) is 6.07 Å². The Bertz CT molecular complexity index is 915. The van der Waals surface area contributed by atoms with Crippen LogP contribution in [0.2, 0.25) is 0 Å². The third-order valence-corrected chi connectivity index (χ3v) is 5.78. The summed E-state index contributed by atoms with van der Waals surface area (Å²) in [4.78, 5) is 25.4. The summed E-state index contributed by atoms with van der Waals surface area (Å²) in [7, 11) is 0. The van der Waals surface area contributed by atoms with Gasteiger partial charge >= 0.3 is 0 Å². The van der Waals surface area contributed by atoms with Crippen molar-refractivity contribution in [3.05, 3.63) is 54.0 Å². The van der Waals surface area contributed by atoms with E-state index in [0.717, 1.165) is 32.0 Å². The summed E-state index contributed by atoms with van der Waals surface area (Å²) >= 11 is 0. The van der Waals surface area contributed by atoms with Gasteiger partial charge in [0.15, 0.2) is 0 Å². The highest BCUT2D eigenvalue weighted by molar-refractivity contribution is 5.78. The second-order valence-electron chi connectivity index (χ2n) is 7.56. The zero-order valence-electron chi connectivity index (χ0n) is 16.9. The predicted octanol–water partition coefficient (Wildman–Crippen LogP) is 1.56. The van der Waals surface area contributed by atoms with Crippen molar-refractivity contribution in [2.24, 2.45) is 0 Å². The highest BCUT2D eigenvalue weighted by Gasteiger charge is 2.26. The molecule has 0 bridgehead atoms. The van der Waals surface area contributed by atoms with E-state index >= 15 is 0 Å². The minimum atomic E-state index is -0.502. The van der Waals surface area contributed by atoms with E-state index in [9.17, 15) is 14.4 Å². The molecule has 0 spiro atoms. The van der Waals surface area contributed by atoms with Gasteiger partial charge < -0.3 is 14.7 Å². The number of aromatic nitrogens is 1. The Labute approximate surface area is 175 Å². The van der Waals surface area contributed by atoms with Gasteiger partial charge in [-0.3, -0.25) is 9.69 Å². The van der Waals surface area contributed by atoms with Crippen LogP contribution < -0.4 is 9.80 Å². The number of nitriles is 1. The van der Waals surface area contributed by atoms with Gasteiger partial charge in [-0.05, 0) is 24.3 Å². The Balaban J connectivity index is 1.26. The summed E-state index contributed by atoms with van der Waals surface area (Å²) < 4.78 is 13.9. The first-order valence-corrected chi connectivity index (χ1v) is 10.3. The lowest BCUT2D eigenvalue weighted by molar-refractivity contribution is -0.132. The molecule has 0 unspecified atom stereocenters. The first-order valence-electron chi connectivity index (χ1n) is 10.3. The molecule has 2 aromatic rings. The van der Waals surface area contributed by atoms with Crippen molar-refractivity contribution >= 4 is 17.4 Å². The molecule has 30 heavy (non-hydrogen) atoms. The summed E-state index contributed by atoms with van der Waals surface area (Å²) in [5, 5.41) is 9.25. The van der Waals surface area contributed by atoms with Crippen LogP contribution in [0.1, 0.15) is 5.56 Å². The standard InChI is InChI=1S/C22H25FN6O/c23-19-4-3-5-20(18(19)16-24)27-12-14-29(15-13-27)22(30)17-26-8-10-28(11-9-26)21-6-1-2-7-25-21/h1-7H,8-15,17H2. The minimum Gasteiger partial charge on any atom is -0.367 e. The fraction of sp³-hybridized carbons (Fsp3) is 0.409. The number of benzene rings is 1. The van der Waals surface area contributed by atoms with Crippen LogP contribution in [0.3, 0.4) is 0 Å². The van der Waals surface area contributed by atoms with Crippen LogP contribution >= 0.6 is 0 Å². The molecule has 7 nitrogen and oxygen atoms in total. The number of pyridine rings is 1. The van der Waals surface area contributed by atoms with Gasteiger partial charge in [-0.1, -0.05) is 12.1 Å². The Hall–Kier alpha value is -3.18. The van der Waals surface area contributed by atoms with Crippen molar-refractivity contribution in [2.45, 2.75) is 0 Å². The van der Waals surface area contributed by atoms with Crippen molar-refractivity contribution in [1.29, 1.82) is 5.26 Å². The maximum atomic E-state index is 13.9. The molecule has 1 aromatic carbocycles. The lowest BCUT2D eigenvalue weighted by atomic mass is 10.1. The number of halogens is 1. The van der Waals surface area contributed by atoms with E-state index in [-0.39, 0.29) is 11.5 Å². The first kappa shape index (κ1) is 20.1. The Morgan fingerprint density at radius 3 is 2.37 bits per heavy atom. The Morgan fingerprint density at radius 2 is 1.70 bits per heavy atom. The molecule has 0 atom stereocenters. The molecule has 2 saturated heterocycles. The topological polar surface area (TPSA) is 66.7 Å². The van der Waals surface area contributed by atoms with Gasteiger partial charge in [-0.15, -0.1) is 0 Å². The Morgan fingerprint density at radius 1 is 0.967 bits per heavy atom. The predicted molar refractivity (Wildman–Crippen MR) is 113 cm³/mol. The average molecular weight is 408 g/mol. The van der Waals surface area contributed by atoms with Gasteiger partial charge in [0.05, 0.1) is 12.2 Å². The van der Waals surface area contributed by atoms with Crippen LogP contribution in [-0.2, 0) is 4.79 Å². The van der Waals surface area contributed by atoms with E-state index in [1.807, 2.05) is 34.1 Å². The molecule has 3 heterocycles. The van der Waals surface area contributed by atoms with E-state index in [4.69, 9.17) is 0 Å². The highest BCUT2D eigenvalue weighted by atomic mass is 19.1. The van der Waals surface area contributed by atoms with E-state index < -0.39 is 5.82 Å². The molecule has 1 amide bonds. The van der Waals surface area contributed by atoms with Crippen LogP contribution in [0, 0.1) is 17.1 Å². The number of rotatable bonds is 4. The molecule has 0 N–H and O–H groups in total. The van der Waals surface area contributed by atoms with Crippen molar-refractivity contribution in [1.82, 2.24) is 14.8 Å². The number of carbonyl (C=O) groups is 1. The number of piperazine rings is 2. The lowest BCUT2D eigenvalue weighted by Crippen LogP contribution is -2.54. The summed E-state index contributed by atoms with van der Waals surface area (Å²) in [6.07, 6.45) is 1.80. The molecule has 0 saturated carbocycles. The number of nitrogens with zero attached hydrogens (tertiary/aromatic N) is 6. The van der Waals surface area contributed by atoms with Crippen molar-refractivity contribution in [3.8, 4) is 6.07 Å². The monoisotopic (exact) mass is 408 g/mol. The second-order valence-corrected chi connectivity index (χ2v) is 7.56. The van der Waals surface area contributed by atoms with Crippen LogP contribution in [0.25, 0.3) is 0 Å². The van der Waals surface area contributed by atoms with Gasteiger partial charge in [-0.2, -0.15) is 5.26 Å². The molecular formula is C22H25FN6O. The molecular weight excluding hydrogens is 383 g/mol. The summed E-state index contributed by atoms with van der Waals surface area (Å²) in [5.41, 5.74) is 0.679. The third kappa shape index (κ3) is 4.36. The van der Waals surface area contributed by atoms with E-state index in [2.05, 4.69) is 14.8 Å². The SMILES string of the molecule is N#Cc1c(F)cccc1N1CCN(C(=O)CN2CCN(c3ccccn3)CC2)CC1. The van der Waals surface area contributed by atoms with E-state index in [1.54, 1.807) is 18.3 Å². The van der Waals surface area contributed by atoms with Crippen molar-refractivity contribution < 1.29 is 9.18 Å². The second kappa shape index (κ2) is 9.09. The first-order chi connectivity index (χ1) is 14.7. The Kier molecular flexibility index (Phi) is 6.10. The molecule has 156 valence electrons. The minimum absolute atomic E-state index is 0.0723. The fourth-order valence-corrected chi connectivity index (χ4v) is 4.05. The number of hydrogen-bond acceptors (Lipinski definition) is 6. The largest absolute Gasteiger partial charge is 0.367 e. The normalized spacial score (nSPS) is 17.7. The third-order valence-electron chi connectivity index (χ3n) is 5.78. The molecule has 2 aliphatic rings. The smallest absolute Gasteiger partial charge is 0.236 e. The van der Waals surface area contributed by atoms with Crippen LogP contribution in [0.5, 0.6) is 0 Å². The average Bonchev–Trinajstić information content (AvgIpc) is 2.80. The van der Waals surface area contributed by atoms with Crippen LogP contribution in [0.4, 0.5) is 15.9 Å². The number of carbonyl (C=O) groups excluding carboxylic acids is 1. The maximum absolute atomic E-state index is 13.9. The zero-order valence-corrected chi connectivity index (χ0v) is 16.9. The summed E-state index contributed by atoms with van der Waals surface area (Å²) in [5.74, 6) is 0.604. The van der Waals surface area contributed by atoms with Crippen molar-refractivity contribution in [3.63, 3.8) is 0 Å². The molecule has 2 aliphatic heterocycles. The van der Waals surface area contributed by atoms with Gasteiger partial charge in [0.25, 0.3) is 0 Å². The van der Waals surface area contributed by atoms with Gasteiger partial charge in [0.1, 0.15) is 23.3 Å². The van der Waals surface area contributed by atoms with Gasteiger partial charge in [0.2, 0.25) is 5.91 Å². The van der Waals surface area contributed by atoms with Crippen molar-refractivity contribution in [2.75, 3.05) is 68.7 Å². The van der Waals surface area contributed by atoms with Crippen LogP contribution in [-0.4, -0.2) is 79.6 Å². The van der Waals surface area contributed by atoms with E-state index in [0.29, 0.717) is 38.4 Å².